The highest BCUT2D eigenvalue weighted by atomic mass is 127. The van der Waals surface area contributed by atoms with Crippen molar-refractivity contribution >= 4 is 29.9 Å². The van der Waals surface area contributed by atoms with Crippen LogP contribution in [0.4, 0.5) is 8.78 Å². The van der Waals surface area contributed by atoms with Crippen LogP contribution < -0.4 is 20.1 Å². The zero-order valence-corrected chi connectivity index (χ0v) is 19.3. The number of aliphatic imine (C=N–C) groups is 1. The van der Waals surface area contributed by atoms with E-state index in [0.29, 0.717) is 50.4 Å². The fourth-order valence-corrected chi connectivity index (χ4v) is 2.24. The maximum Gasteiger partial charge on any atom is 0.387 e. The molecule has 1 aromatic carbocycles. The van der Waals surface area contributed by atoms with Crippen LogP contribution >= 0.6 is 24.0 Å². The number of nitrogens with one attached hydrogen (secondary N) is 2. The molecular weight excluding hydrogens is 483 g/mol. The molecule has 1 rings (SSSR count). The third-order valence-corrected chi connectivity index (χ3v) is 3.31. The second-order valence-electron chi connectivity index (χ2n) is 6.15. The van der Waals surface area contributed by atoms with Crippen molar-refractivity contribution in [2.24, 2.45) is 10.9 Å². The van der Waals surface area contributed by atoms with Crippen LogP contribution in [0.1, 0.15) is 33.3 Å². The van der Waals surface area contributed by atoms with Gasteiger partial charge in [0, 0.05) is 25.3 Å². The molecule has 0 amide bonds. The SMILES string of the molecule is CCNC(=NCc1cccc(OCC)c1OC(F)F)NCCOCC(C)C.I. The van der Waals surface area contributed by atoms with Gasteiger partial charge >= 0.3 is 6.61 Å². The Kier molecular flexibility index (Phi) is 14.8. The molecule has 0 bridgehead atoms. The van der Waals surface area contributed by atoms with E-state index in [2.05, 4.69) is 34.2 Å². The van der Waals surface area contributed by atoms with Crippen molar-refractivity contribution in [3.8, 4) is 11.5 Å². The number of hydrogen-bond donors (Lipinski definition) is 2. The Hall–Kier alpha value is -1.36. The number of para-hydroxylation sites is 1. The topological polar surface area (TPSA) is 64.1 Å². The van der Waals surface area contributed by atoms with Crippen molar-refractivity contribution in [1.29, 1.82) is 0 Å². The van der Waals surface area contributed by atoms with E-state index in [4.69, 9.17) is 9.47 Å². The Morgan fingerprint density at radius 1 is 1.18 bits per heavy atom. The number of hydrogen-bond acceptors (Lipinski definition) is 4. The average Bonchev–Trinajstić information content (AvgIpc) is 2.61. The predicted molar refractivity (Wildman–Crippen MR) is 118 cm³/mol. The number of rotatable bonds is 12. The smallest absolute Gasteiger partial charge is 0.387 e. The summed E-state index contributed by atoms with van der Waals surface area (Å²) >= 11 is 0. The molecule has 0 saturated heterocycles. The van der Waals surface area contributed by atoms with Gasteiger partial charge in [-0.1, -0.05) is 26.0 Å². The van der Waals surface area contributed by atoms with Gasteiger partial charge in [-0.15, -0.1) is 24.0 Å². The highest BCUT2D eigenvalue weighted by molar-refractivity contribution is 14.0. The number of halogens is 3. The molecule has 0 fully saturated rings. The van der Waals surface area contributed by atoms with E-state index in [1.54, 1.807) is 25.1 Å². The number of ether oxygens (including phenoxy) is 3. The minimum absolute atomic E-state index is 0. The van der Waals surface area contributed by atoms with E-state index in [0.717, 1.165) is 0 Å². The second-order valence-corrected chi connectivity index (χ2v) is 6.15. The largest absolute Gasteiger partial charge is 0.490 e. The van der Waals surface area contributed by atoms with Crippen LogP contribution in [0.25, 0.3) is 0 Å². The maximum absolute atomic E-state index is 12.8. The first-order valence-electron chi connectivity index (χ1n) is 9.27. The van der Waals surface area contributed by atoms with Crippen molar-refractivity contribution in [3.05, 3.63) is 23.8 Å². The van der Waals surface area contributed by atoms with Crippen LogP contribution in [0.3, 0.4) is 0 Å². The molecular formula is C19H32F2IN3O3. The molecule has 6 nitrogen and oxygen atoms in total. The van der Waals surface area contributed by atoms with Crippen LogP contribution in [0.15, 0.2) is 23.2 Å². The predicted octanol–water partition coefficient (Wildman–Crippen LogP) is 4.03. The van der Waals surface area contributed by atoms with Crippen molar-refractivity contribution in [2.75, 3.05) is 32.9 Å². The van der Waals surface area contributed by atoms with Crippen molar-refractivity contribution in [2.45, 2.75) is 40.9 Å². The molecule has 0 aromatic heterocycles. The average molecular weight is 515 g/mol. The minimum Gasteiger partial charge on any atom is -0.490 e. The van der Waals surface area contributed by atoms with E-state index in [1.807, 2.05) is 6.92 Å². The van der Waals surface area contributed by atoms with Crippen LogP contribution in [0, 0.1) is 5.92 Å². The first-order valence-corrected chi connectivity index (χ1v) is 9.27. The zero-order valence-electron chi connectivity index (χ0n) is 17.0. The van der Waals surface area contributed by atoms with Gasteiger partial charge in [0.2, 0.25) is 0 Å². The summed E-state index contributed by atoms with van der Waals surface area (Å²) in [6.07, 6.45) is 0. The number of nitrogens with zero attached hydrogens (tertiary/aromatic N) is 1. The third kappa shape index (κ3) is 10.8. The first-order chi connectivity index (χ1) is 13.0. The fourth-order valence-electron chi connectivity index (χ4n) is 2.24. The Labute approximate surface area is 183 Å². The lowest BCUT2D eigenvalue weighted by Gasteiger charge is -2.15. The highest BCUT2D eigenvalue weighted by Crippen LogP contribution is 2.33. The van der Waals surface area contributed by atoms with Gasteiger partial charge in [0.1, 0.15) is 0 Å². The standard InChI is InChI=1S/C19H31F2N3O3.HI/c1-5-22-19(23-10-11-25-13-14(3)4)24-12-15-8-7-9-16(26-6-2)17(15)27-18(20)21;/h7-9,14,18H,5-6,10-13H2,1-4H3,(H2,22,23,24);1H. The summed E-state index contributed by atoms with van der Waals surface area (Å²) in [4.78, 5) is 4.44. The summed E-state index contributed by atoms with van der Waals surface area (Å²) in [5, 5.41) is 6.27. The van der Waals surface area contributed by atoms with Gasteiger partial charge < -0.3 is 24.8 Å². The van der Waals surface area contributed by atoms with Crippen molar-refractivity contribution < 1.29 is 23.0 Å². The van der Waals surface area contributed by atoms with Crippen molar-refractivity contribution in [1.82, 2.24) is 10.6 Å². The number of guanidine groups is 1. The molecule has 0 spiro atoms. The summed E-state index contributed by atoms with van der Waals surface area (Å²) in [5.41, 5.74) is 0.523. The van der Waals surface area contributed by atoms with Crippen molar-refractivity contribution in [3.63, 3.8) is 0 Å². The Balaban J connectivity index is 0.00000729. The van der Waals surface area contributed by atoms with E-state index in [1.165, 1.54) is 0 Å². The van der Waals surface area contributed by atoms with Gasteiger partial charge in [-0.3, -0.25) is 0 Å². The van der Waals surface area contributed by atoms with Crippen LogP contribution in [0.5, 0.6) is 11.5 Å². The van der Waals surface area contributed by atoms with E-state index < -0.39 is 6.61 Å². The number of benzene rings is 1. The number of alkyl halides is 2. The Morgan fingerprint density at radius 2 is 1.93 bits per heavy atom. The third-order valence-electron chi connectivity index (χ3n) is 3.31. The van der Waals surface area contributed by atoms with E-state index >= 15 is 0 Å². The van der Waals surface area contributed by atoms with Gasteiger partial charge in [0.25, 0.3) is 0 Å². The van der Waals surface area contributed by atoms with Gasteiger partial charge in [-0.25, -0.2) is 4.99 Å². The van der Waals surface area contributed by atoms with Gasteiger partial charge in [-0.05, 0) is 25.8 Å². The van der Waals surface area contributed by atoms with Gasteiger partial charge in [0.15, 0.2) is 17.5 Å². The lowest BCUT2D eigenvalue weighted by atomic mass is 10.2. The van der Waals surface area contributed by atoms with Crippen LogP contribution in [-0.2, 0) is 11.3 Å². The molecule has 162 valence electrons. The summed E-state index contributed by atoms with van der Waals surface area (Å²) in [6, 6.07) is 5.03. The molecule has 2 N–H and O–H groups in total. The molecule has 0 aliphatic rings. The molecule has 1 aromatic rings. The molecule has 0 aliphatic heterocycles. The highest BCUT2D eigenvalue weighted by Gasteiger charge is 2.15. The molecule has 0 radical (unpaired) electrons. The molecule has 0 saturated carbocycles. The van der Waals surface area contributed by atoms with Gasteiger partial charge in [0.05, 0.1) is 19.8 Å². The molecule has 9 heteroatoms. The summed E-state index contributed by atoms with van der Waals surface area (Å²) < 4.78 is 41.2. The minimum atomic E-state index is -2.93. The lowest BCUT2D eigenvalue weighted by molar-refractivity contribution is -0.0520. The summed E-state index contributed by atoms with van der Waals surface area (Å²) in [5.74, 6) is 1.37. The van der Waals surface area contributed by atoms with E-state index in [9.17, 15) is 8.78 Å². The quantitative estimate of drug-likeness (QED) is 0.191. The molecule has 0 aliphatic carbocycles. The summed E-state index contributed by atoms with van der Waals surface area (Å²) in [6.45, 7) is 8.05. The summed E-state index contributed by atoms with van der Waals surface area (Å²) in [7, 11) is 0. The molecule has 28 heavy (non-hydrogen) atoms. The molecule has 0 unspecified atom stereocenters. The van der Waals surface area contributed by atoms with Crippen LogP contribution in [-0.4, -0.2) is 45.5 Å². The zero-order chi connectivity index (χ0) is 20.1. The molecule has 0 heterocycles. The lowest BCUT2D eigenvalue weighted by Crippen LogP contribution is -2.39. The second kappa shape index (κ2) is 15.5. The Morgan fingerprint density at radius 3 is 2.54 bits per heavy atom. The first kappa shape index (κ1) is 26.6. The van der Waals surface area contributed by atoms with Gasteiger partial charge in [-0.2, -0.15) is 8.78 Å². The fraction of sp³-hybridized carbons (Fsp3) is 0.632. The van der Waals surface area contributed by atoms with Crippen LogP contribution in [0.2, 0.25) is 0 Å². The normalized spacial score (nSPS) is 11.4. The molecule has 0 atom stereocenters. The monoisotopic (exact) mass is 515 g/mol. The Bertz CT molecular complexity index is 575. The maximum atomic E-state index is 12.8. The van der Waals surface area contributed by atoms with E-state index in [-0.39, 0.29) is 42.0 Å².